The second-order valence-electron chi connectivity index (χ2n) is 4.72. The highest BCUT2D eigenvalue weighted by Crippen LogP contribution is 2.21. The maximum absolute atomic E-state index is 13.1. The third kappa shape index (κ3) is 2.92. The van der Waals surface area contributed by atoms with Gasteiger partial charge in [0.1, 0.15) is 0 Å². The van der Waals surface area contributed by atoms with Crippen molar-refractivity contribution in [3.05, 3.63) is 35.1 Å². The van der Waals surface area contributed by atoms with E-state index in [9.17, 15) is 18.0 Å². The van der Waals surface area contributed by atoms with Crippen LogP contribution in [0.3, 0.4) is 0 Å². The lowest BCUT2D eigenvalue weighted by Gasteiger charge is -2.31. The van der Waals surface area contributed by atoms with Crippen LogP contribution in [-0.2, 0) is 0 Å². The van der Waals surface area contributed by atoms with E-state index in [1.807, 2.05) is 0 Å². The summed E-state index contributed by atoms with van der Waals surface area (Å²) in [5, 5.41) is 0. The SMILES string of the molecule is NC(=S)C1CCN(C(=O)c2cc(F)c(F)c(F)c2)CC1. The summed E-state index contributed by atoms with van der Waals surface area (Å²) in [6.45, 7) is 0.808. The van der Waals surface area contributed by atoms with Crippen molar-refractivity contribution in [3.8, 4) is 0 Å². The molecule has 2 rings (SSSR count). The summed E-state index contributed by atoms with van der Waals surface area (Å²) < 4.78 is 39.1. The van der Waals surface area contributed by atoms with Gasteiger partial charge < -0.3 is 10.6 Å². The van der Waals surface area contributed by atoms with E-state index < -0.39 is 23.4 Å². The summed E-state index contributed by atoms with van der Waals surface area (Å²) in [7, 11) is 0. The number of thiocarbonyl (C=S) groups is 1. The van der Waals surface area contributed by atoms with Gasteiger partial charge in [-0.05, 0) is 25.0 Å². The molecule has 1 aromatic carbocycles. The fourth-order valence-electron chi connectivity index (χ4n) is 2.23. The number of carbonyl (C=O) groups excluding carboxylic acids is 1. The highest BCUT2D eigenvalue weighted by molar-refractivity contribution is 7.80. The first-order valence-corrected chi connectivity index (χ1v) is 6.54. The molecule has 0 atom stereocenters. The number of rotatable bonds is 2. The van der Waals surface area contributed by atoms with E-state index in [1.165, 1.54) is 4.90 Å². The van der Waals surface area contributed by atoms with E-state index in [0.717, 1.165) is 0 Å². The summed E-state index contributed by atoms with van der Waals surface area (Å²) in [6, 6.07) is 1.42. The van der Waals surface area contributed by atoms with Gasteiger partial charge in [0.25, 0.3) is 5.91 Å². The summed E-state index contributed by atoms with van der Waals surface area (Å²) >= 11 is 4.90. The first-order chi connectivity index (χ1) is 9.40. The standard InChI is InChI=1S/C13H13F3N2OS/c14-9-5-8(6-10(15)11(9)16)13(19)18-3-1-7(2-4-18)12(17)20/h5-7H,1-4H2,(H2,17,20). The normalized spacial score (nSPS) is 16.2. The Morgan fingerprint density at radius 2 is 1.70 bits per heavy atom. The highest BCUT2D eigenvalue weighted by atomic mass is 32.1. The van der Waals surface area contributed by atoms with Crippen LogP contribution in [-0.4, -0.2) is 28.9 Å². The zero-order chi connectivity index (χ0) is 14.9. The monoisotopic (exact) mass is 302 g/mol. The minimum Gasteiger partial charge on any atom is -0.393 e. The molecule has 108 valence electrons. The third-order valence-corrected chi connectivity index (χ3v) is 3.75. The second-order valence-corrected chi connectivity index (χ2v) is 5.19. The zero-order valence-corrected chi connectivity index (χ0v) is 11.4. The number of benzene rings is 1. The van der Waals surface area contributed by atoms with Crippen molar-refractivity contribution in [2.45, 2.75) is 12.8 Å². The number of piperidine rings is 1. The molecule has 0 aromatic heterocycles. The lowest BCUT2D eigenvalue weighted by molar-refractivity contribution is 0.0709. The first kappa shape index (κ1) is 14.8. The van der Waals surface area contributed by atoms with E-state index in [-0.39, 0.29) is 11.5 Å². The molecule has 7 heteroatoms. The van der Waals surface area contributed by atoms with Crippen LogP contribution in [0.4, 0.5) is 13.2 Å². The summed E-state index contributed by atoms with van der Waals surface area (Å²) in [6.07, 6.45) is 1.24. The molecule has 1 aliphatic heterocycles. The van der Waals surface area contributed by atoms with Gasteiger partial charge >= 0.3 is 0 Å². The van der Waals surface area contributed by atoms with Crippen molar-refractivity contribution in [1.29, 1.82) is 0 Å². The van der Waals surface area contributed by atoms with Crippen molar-refractivity contribution in [2.24, 2.45) is 11.7 Å². The maximum Gasteiger partial charge on any atom is 0.254 e. The number of halogens is 3. The quantitative estimate of drug-likeness (QED) is 0.673. The summed E-state index contributed by atoms with van der Waals surface area (Å²) in [5.74, 6) is -4.76. The van der Waals surface area contributed by atoms with Crippen molar-refractivity contribution < 1.29 is 18.0 Å². The Morgan fingerprint density at radius 3 is 2.15 bits per heavy atom. The van der Waals surface area contributed by atoms with Crippen LogP contribution in [0, 0.1) is 23.4 Å². The molecule has 0 spiro atoms. The maximum atomic E-state index is 13.1. The minimum absolute atomic E-state index is 0.0794. The lowest BCUT2D eigenvalue weighted by Crippen LogP contribution is -2.41. The van der Waals surface area contributed by atoms with Gasteiger partial charge in [0.15, 0.2) is 17.5 Å². The summed E-state index contributed by atoms with van der Waals surface area (Å²) in [4.78, 5) is 14.0. The average molecular weight is 302 g/mol. The predicted molar refractivity (Wildman–Crippen MR) is 71.7 cm³/mol. The summed E-state index contributed by atoms with van der Waals surface area (Å²) in [5.41, 5.74) is 5.34. The minimum atomic E-state index is -1.58. The predicted octanol–water partition coefficient (Wildman–Crippen LogP) is 2.24. The van der Waals surface area contributed by atoms with Gasteiger partial charge in [-0.15, -0.1) is 0 Å². The van der Waals surface area contributed by atoms with Crippen molar-refractivity contribution in [1.82, 2.24) is 4.90 Å². The first-order valence-electron chi connectivity index (χ1n) is 6.13. The number of hydrogen-bond acceptors (Lipinski definition) is 2. The Balaban J connectivity index is 2.11. The van der Waals surface area contributed by atoms with Gasteiger partial charge in [-0.3, -0.25) is 4.79 Å². The van der Waals surface area contributed by atoms with Crippen LogP contribution >= 0.6 is 12.2 Å². The largest absolute Gasteiger partial charge is 0.393 e. The van der Waals surface area contributed by atoms with E-state index in [4.69, 9.17) is 18.0 Å². The molecular formula is C13H13F3N2OS. The fraction of sp³-hybridized carbons (Fsp3) is 0.385. The van der Waals surface area contributed by atoms with Crippen LogP contribution in [0.25, 0.3) is 0 Å². The molecule has 1 heterocycles. The number of amides is 1. The molecule has 1 aliphatic rings. The van der Waals surface area contributed by atoms with E-state index >= 15 is 0 Å². The molecular weight excluding hydrogens is 289 g/mol. The number of likely N-dealkylation sites (tertiary alicyclic amines) is 1. The van der Waals surface area contributed by atoms with Gasteiger partial charge in [0.05, 0.1) is 4.99 Å². The topological polar surface area (TPSA) is 46.3 Å². The van der Waals surface area contributed by atoms with E-state index in [0.29, 0.717) is 43.1 Å². The molecule has 0 unspecified atom stereocenters. The van der Waals surface area contributed by atoms with Gasteiger partial charge in [-0.2, -0.15) is 0 Å². The van der Waals surface area contributed by atoms with E-state index in [1.54, 1.807) is 0 Å². The zero-order valence-electron chi connectivity index (χ0n) is 10.5. The highest BCUT2D eigenvalue weighted by Gasteiger charge is 2.26. The van der Waals surface area contributed by atoms with Gasteiger partial charge in [0, 0.05) is 24.6 Å². The fourth-order valence-corrected chi connectivity index (χ4v) is 2.46. The molecule has 0 bridgehead atoms. The van der Waals surface area contributed by atoms with Crippen LogP contribution < -0.4 is 5.73 Å². The Bertz CT molecular complexity index is 534. The molecule has 3 nitrogen and oxygen atoms in total. The van der Waals surface area contributed by atoms with Gasteiger partial charge in [-0.25, -0.2) is 13.2 Å². The molecule has 20 heavy (non-hydrogen) atoms. The molecule has 1 aromatic rings. The second kappa shape index (κ2) is 5.78. The molecule has 1 amide bonds. The number of carbonyl (C=O) groups is 1. The molecule has 0 radical (unpaired) electrons. The third-order valence-electron chi connectivity index (χ3n) is 3.42. The van der Waals surface area contributed by atoms with Crippen molar-refractivity contribution in [3.63, 3.8) is 0 Å². The van der Waals surface area contributed by atoms with Crippen LogP contribution in [0.5, 0.6) is 0 Å². The van der Waals surface area contributed by atoms with Crippen LogP contribution in [0.1, 0.15) is 23.2 Å². The van der Waals surface area contributed by atoms with Gasteiger partial charge in [0.2, 0.25) is 0 Å². The van der Waals surface area contributed by atoms with E-state index in [2.05, 4.69) is 0 Å². The Labute approximate surface area is 119 Å². The van der Waals surface area contributed by atoms with Crippen LogP contribution in [0.15, 0.2) is 12.1 Å². The average Bonchev–Trinajstić information content (AvgIpc) is 2.43. The molecule has 1 saturated heterocycles. The smallest absolute Gasteiger partial charge is 0.254 e. The number of hydrogen-bond donors (Lipinski definition) is 1. The lowest BCUT2D eigenvalue weighted by atomic mass is 9.96. The number of nitrogens with zero attached hydrogens (tertiary/aromatic N) is 1. The van der Waals surface area contributed by atoms with Gasteiger partial charge in [-0.1, -0.05) is 12.2 Å². The Morgan fingerprint density at radius 1 is 1.20 bits per heavy atom. The van der Waals surface area contributed by atoms with Crippen molar-refractivity contribution >= 4 is 23.1 Å². The Hall–Kier alpha value is -1.63. The molecule has 2 N–H and O–H groups in total. The van der Waals surface area contributed by atoms with Crippen molar-refractivity contribution in [2.75, 3.05) is 13.1 Å². The molecule has 0 aliphatic carbocycles. The number of nitrogens with two attached hydrogens (primary N) is 1. The Kier molecular flexibility index (Phi) is 4.27. The molecule has 1 fully saturated rings. The molecule has 0 saturated carbocycles. The van der Waals surface area contributed by atoms with Crippen LogP contribution in [0.2, 0.25) is 0 Å².